The van der Waals surface area contributed by atoms with Crippen LogP contribution < -0.4 is 15.5 Å². The lowest BCUT2D eigenvalue weighted by Crippen LogP contribution is -2.93. The number of amides is 1. The van der Waals surface area contributed by atoms with Gasteiger partial charge in [0.05, 0.1) is 13.2 Å². The molecule has 0 spiro atoms. The Morgan fingerprint density at radius 2 is 1.64 bits per heavy atom. The maximum Gasteiger partial charge on any atom is 0.282 e. The number of nitrogens with zero attached hydrogens (tertiary/aromatic N) is 1. The first kappa shape index (κ1) is 20.4. The number of anilines is 2. The first-order valence-electron chi connectivity index (χ1n) is 10.2. The molecule has 0 aromatic heterocycles. The molecule has 2 aromatic rings. The van der Waals surface area contributed by atoms with Crippen LogP contribution in [0.25, 0.3) is 0 Å². The number of carbonyl (C=O) groups is 1. The van der Waals surface area contributed by atoms with E-state index in [9.17, 15) is 4.79 Å². The maximum absolute atomic E-state index is 12.7. The number of rotatable bonds is 7. The molecule has 1 heterocycles. The van der Waals surface area contributed by atoms with Gasteiger partial charge in [-0.15, -0.1) is 0 Å². The first-order valence-corrected chi connectivity index (χ1v) is 10.2. The van der Waals surface area contributed by atoms with Crippen molar-refractivity contribution in [3.8, 4) is 0 Å². The van der Waals surface area contributed by atoms with Gasteiger partial charge in [0.15, 0.2) is 6.04 Å². The van der Waals surface area contributed by atoms with Crippen LogP contribution in [-0.4, -0.2) is 38.3 Å². The predicted octanol–water partition coefficient (Wildman–Crippen LogP) is 2.81. The fourth-order valence-electron chi connectivity index (χ4n) is 3.63. The van der Waals surface area contributed by atoms with Crippen molar-refractivity contribution in [2.75, 3.05) is 36.5 Å². The monoisotopic (exact) mass is 382 g/mol. The molecule has 2 aromatic carbocycles. The van der Waals surface area contributed by atoms with E-state index in [1.807, 2.05) is 25.1 Å². The van der Waals surface area contributed by atoms with Crippen LogP contribution in [0.3, 0.4) is 0 Å². The molecule has 1 aliphatic heterocycles. The lowest BCUT2D eigenvalue weighted by Gasteiger charge is -2.29. The Hall–Kier alpha value is -2.37. The molecule has 5 heteroatoms. The van der Waals surface area contributed by atoms with E-state index >= 15 is 0 Å². The van der Waals surface area contributed by atoms with Crippen molar-refractivity contribution in [1.29, 1.82) is 0 Å². The van der Waals surface area contributed by atoms with Gasteiger partial charge in [-0.3, -0.25) is 4.79 Å². The average molecular weight is 383 g/mol. The topological polar surface area (TPSA) is 58.2 Å². The highest BCUT2D eigenvalue weighted by Crippen LogP contribution is 2.20. The van der Waals surface area contributed by atoms with Crippen LogP contribution in [0.1, 0.15) is 32.4 Å². The summed E-state index contributed by atoms with van der Waals surface area (Å²) in [5.74, 6) is 0.464. The molecule has 1 aliphatic rings. The molecule has 0 unspecified atom stereocenters. The Morgan fingerprint density at radius 3 is 2.25 bits per heavy atom. The van der Waals surface area contributed by atoms with Gasteiger partial charge in [-0.25, -0.2) is 0 Å². The Balaban J connectivity index is 1.58. The molecule has 28 heavy (non-hydrogen) atoms. The van der Waals surface area contributed by atoms with Crippen LogP contribution in [0.15, 0.2) is 54.6 Å². The highest BCUT2D eigenvalue weighted by Gasteiger charge is 2.25. The number of benzene rings is 2. The zero-order valence-electron chi connectivity index (χ0n) is 17.1. The van der Waals surface area contributed by atoms with Gasteiger partial charge >= 0.3 is 0 Å². The van der Waals surface area contributed by atoms with Gasteiger partial charge < -0.3 is 20.3 Å². The number of nitrogens with two attached hydrogens (primary N) is 1. The number of carbonyl (C=O) groups excluding carboxylic acids is 1. The lowest BCUT2D eigenvalue weighted by molar-refractivity contribution is -0.718. The second kappa shape index (κ2) is 9.71. The normalized spacial score (nSPS) is 16.6. The number of quaternary nitrogens is 1. The molecule has 0 radical (unpaired) electrons. The van der Waals surface area contributed by atoms with Gasteiger partial charge in [-0.1, -0.05) is 44.2 Å². The standard InChI is InChI=1S/C23H31N3O2/c1-17(2)22(19-7-5-4-6-8-19)24-18(3)23(27)25-20-9-11-21(12-10-20)26-13-15-28-16-14-26/h4-12,17-18,22,24H,13-16H2,1-3H3,(H,25,27)/p+1/t18-,22+/m0/s1. The summed E-state index contributed by atoms with van der Waals surface area (Å²) in [6, 6.07) is 18.6. The maximum atomic E-state index is 12.7. The summed E-state index contributed by atoms with van der Waals surface area (Å²) in [4.78, 5) is 15.0. The first-order chi connectivity index (χ1) is 13.5. The number of nitrogens with one attached hydrogen (secondary N) is 1. The Labute approximate surface area is 168 Å². The van der Waals surface area contributed by atoms with Crippen LogP contribution in [0.4, 0.5) is 11.4 Å². The van der Waals surface area contributed by atoms with Gasteiger partial charge in [0, 0.05) is 35.9 Å². The molecule has 0 saturated carbocycles. The summed E-state index contributed by atoms with van der Waals surface area (Å²) in [5, 5.41) is 5.22. The minimum Gasteiger partial charge on any atom is -0.378 e. The van der Waals surface area contributed by atoms with Crippen molar-refractivity contribution in [3.63, 3.8) is 0 Å². The zero-order chi connectivity index (χ0) is 19.9. The molecule has 1 fully saturated rings. The molecule has 0 bridgehead atoms. The molecule has 150 valence electrons. The zero-order valence-corrected chi connectivity index (χ0v) is 17.1. The van der Waals surface area contributed by atoms with Crippen LogP contribution in [0.2, 0.25) is 0 Å². The van der Waals surface area contributed by atoms with E-state index in [1.54, 1.807) is 0 Å². The molecule has 0 aliphatic carbocycles. The van der Waals surface area contributed by atoms with Crippen molar-refractivity contribution < 1.29 is 14.8 Å². The Bertz CT molecular complexity index is 740. The van der Waals surface area contributed by atoms with Gasteiger partial charge in [-0.2, -0.15) is 0 Å². The molecule has 3 rings (SSSR count). The number of morpholine rings is 1. The highest BCUT2D eigenvalue weighted by atomic mass is 16.5. The smallest absolute Gasteiger partial charge is 0.282 e. The molecule has 1 amide bonds. The minimum absolute atomic E-state index is 0.0284. The Kier molecular flexibility index (Phi) is 7.06. The quantitative estimate of drug-likeness (QED) is 0.774. The third-order valence-corrected chi connectivity index (χ3v) is 5.32. The van der Waals surface area contributed by atoms with E-state index in [4.69, 9.17) is 4.74 Å². The van der Waals surface area contributed by atoms with Crippen LogP contribution in [0, 0.1) is 5.92 Å². The molecule has 1 saturated heterocycles. The van der Waals surface area contributed by atoms with E-state index in [2.05, 4.69) is 65.8 Å². The molecule has 5 nitrogen and oxygen atoms in total. The van der Waals surface area contributed by atoms with Gasteiger partial charge in [0.25, 0.3) is 5.91 Å². The second-order valence-corrected chi connectivity index (χ2v) is 7.80. The summed E-state index contributed by atoms with van der Waals surface area (Å²) >= 11 is 0. The molecular weight excluding hydrogens is 350 g/mol. The fraction of sp³-hybridized carbons (Fsp3) is 0.435. The molecule has 3 N–H and O–H groups in total. The predicted molar refractivity (Wildman–Crippen MR) is 114 cm³/mol. The van der Waals surface area contributed by atoms with E-state index in [-0.39, 0.29) is 18.0 Å². The lowest BCUT2D eigenvalue weighted by atomic mass is 9.95. The van der Waals surface area contributed by atoms with E-state index in [0.717, 1.165) is 32.0 Å². The van der Waals surface area contributed by atoms with Crippen LogP contribution >= 0.6 is 0 Å². The van der Waals surface area contributed by atoms with Crippen molar-refractivity contribution >= 4 is 17.3 Å². The number of ether oxygens (including phenoxy) is 1. The number of hydrogen-bond donors (Lipinski definition) is 2. The minimum atomic E-state index is -0.175. The van der Waals surface area contributed by atoms with Crippen molar-refractivity contribution in [2.24, 2.45) is 5.92 Å². The van der Waals surface area contributed by atoms with Crippen molar-refractivity contribution in [2.45, 2.75) is 32.9 Å². The second-order valence-electron chi connectivity index (χ2n) is 7.80. The third-order valence-electron chi connectivity index (χ3n) is 5.32. The van der Waals surface area contributed by atoms with Crippen LogP contribution in [0.5, 0.6) is 0 Å². The highest BCUT2D eigenvalue weighted by molar-refractivity contribution is 5.93. The summed E-state index contributed by atoms with van der Waals surface area (Å²) in [6.45, 7) is 9.72. The number of hydrogen-bond acceptors (Lipinski definition) is 3. The SMILES string of the molecule is CC(C)[C@@H]([NH2+][C@@H](C)C(=O)Nc1ccc(N2CCOCC2)cc1)c1ccccc1. The van der Waals surface area contributed by atoms with Crippen LogP contribution in [-0.2, 0) is 9.53 Å². The van der Waals surface area contributed by atoms with E-state index < -0.39 is 0 Å². The largest absolute Gasteiger partial charge is 0.378 e. The van der Waals surface area contributed by atoms with Gasteiger partial charge in [0.1, 0.15) is 6.04 Å². The summed E-state index contributed by atoms with van der Waals surface area (Å²) < 4.78 is 5.40. The fourth-order valence-corrected chi connectivity index (χ4v) is 3.63. The Morgan fingerprint density at radius 1 is 1.00 bits per heavy atom. The summed E-state index contributed by atoms with van der Waals surface area (Å²) in [7, 11) is 0. The molecule has 2 atom stereocenters. The van der Waals surface area contributed by atoms with Gasteiger partial charge in [-0.05, 0) is 31.2 Å². The summed E-state index contributed by atoms with van der Waals surface area (Å²) in [5.41, 5.74) is 3.26. The molecular formula is C23H32N3O2+. The van der Waals surface area contributed by atoms with Crippen molar-refractivity contribution in [3.05, 3.63) is 60.2 Å². The van der Waals surface area contributed by atoms with E-state index in [0.29, 0.717) is 5.92 Å². The summed E-state index contributed by atoms with van der Waals surface area (Å²) in [6.07, 6.45) is 0. The third kappa shape index (κ3) is 5.33. The van der Waals surface area contributed by atoms with Crippen molar-refractivity contribution in [1.82, 2.24) is 0 Å². The van der Waals surface area contributed by atoms with E-state index in [1.165, 1.54) is 11.3 Å². The average Bonchev–Trinajstić information content (AvgIpc) is 2.73. The van der Waals surface area contributed by atoms with Gasteiger partial charge in [0.2, 0.25) is 0 Å².